The number of nitrogens with one attached hydrogen (secondary N) is 2. The zero-order valence-corrected chi connectivity index (χ0v) is 17.7. The van der Waals surface area contributed by atoms with Crippen molar-refractivity contribution in [2.24, 2.45) is 0 Å². The molecule has 0 fully saturated rings. The quantitative estimate of drug-likeness (QED) is 0.583. The summed E-state index contributed by atoms with van der Waals surface area (Å²) in [6, 6.07) is 20.4. The third kappa shape index (κ3) is 5.94. The predicted octanol–water partition coefficient (Wildman–Crippen LogP) is 4.43. The first-order chi connectivity index (χ1) is 15.1. The predicted molar refractivity (Wildman–Crippen MR) is 121 cm³/mol. The Morgan fingerprint density at radius 1 is 0.806 bits per heavy atom. The number of anilines is 1. The van der Waals surface area contributed by atoms with Crippen molar-refractivity contribution in [2.75, 3.05) is 26.6 Å². The van der Waals surface area contributed by atoms with E-state index in [1.54, 1.807) is 33.5 Å². The number of urea groups is 1. The monoisotopic (exact) mass is 416 g/mol. The minimum atomic E-state index is -0.332. The van der Waals surface area contributed by atoms with Crippen LogP contribution < -0.4 is 24.8 Å². The lowest BCUT2D eigenvalue weighted by Gasteiger charge is -2.14. The smallest absolute Gasteiger partial charge is 0.319 e. The van der Waals surface area contributed by atoms with Crippen molar-refractivity contribution < 1.29 is 19.0 Å². The molecule has 2 N–H and O–H groups in total. The highest BCUT2D eigenvalue weighted by Gasteiger charge is 2.13. The van der Waals surface area contributed by atoms with Gasteiger partial charge in [-0.2, -0.15) is 0 Å². The van der Waals surface area contributed by atoms with Gasteiger partial charge in [0.2, 0.25) is 5.75 Å². The summed E-state index contributed by atoms with van der Waals surface area (Å²) in [6.45, 7) is 0.288. The first-order valence-electron chi connectivity index (χ1n) is 9.64. The molecular formula is C25H24N2O4. The molecule has 0 aliphatic carbocycles. The number of carbonyl (C=O) groups is 1. The van der Waals surface area contributed by atoms with Crippen LogP contribution in [0.3, 0.4) is 0 Å². The maximum Gasteiger partial charge on any atom is 0.319 e. The summed E-state index contributed by atoms with van der Waals surface area (Å²) < 4.78 is 16.0. The van der Waals surface area contributed by atoms with Gasteiger partial charge < -0.3 is 24.8 Å². The summed E-state index contributed by atoms with van der Waals surface area (Å²) in [4.78, 5) is 12.4. The summed E-state index contributed by atoms with van der Waals surface area (Å²) in [6.07, 6.45) is 0. The Balaban J connectivity index is 1.63. The highest BCUT2D eigenvalue weighted by molar-refractivity contribution is 5.89. The third-order valence-corrected chi connectivity index (χ3v) is 4.42. The Morgan fingerprint density at radius 2 is 1.45 bits per heavy atom. The first kappa shape index (κ1) is 21.6. The van der Waals surface area contributed by atoms with Crippen LogP contribution in [0.25, 0.3) is 0 Å². The van der Waals surface area contributed by atoms with E-state index in [-0.39, 0.29) is 12.6 Å². The second-order valence-electron chi connectivity index (χ2n) is 6.54. The van der Waals surface area contributed by atoms with Gasteiger partial charge >= 0.3 is 6.03 Å². The molecule has 0 saturated heterocycles. The lowest BCUT2D eigenvalue weighted by Crippen LogP contribution is -2.28. The van der Waals surface area contributed by atoms with Crippen LogP contribution in [0.2, 0.25) is 0 Å². The zero-order valence-electron chi connectivity index (χ0n) is 17.7. The summed E-state index contributed by atoms with van der Waals surface area (Å²) in [5.41, 5.74) is 3.21. The van der Waals surface area contributed by atoms with Crippen molar-refractivity contribution in [3.05, 3.63) is 83.4 Å². The minimum absolute atomic E-state index is 0.288. The average Bonchev–Trinajstić information content (AvgIpc) is 2.81. The molecule has 6 heteroatoms. The zero-order chi connectivity index (χ0) is 22.1. The number of carbonyl (C=O) groups excluding carboxylic acids is 1. The molecule has 6 nitrogen and oxygen atoms in total. The normalized spacial score (nSPS) is 9.77. The summed E-state index contributed by atoms with van der Waals surface area (Å²) >= 11 is 0. The number of hydrogen-bond acceptors (Lipinski definition) is 4. The standard InChI is InChI=1S/C25H24N2O4/c1-29-22-15-20(16-23(30-2)24(22)31-3)17-26-25(28)27-21-11-7-10-19(14-21)13-12-18-8-5-4-6-9-18/h4-11,14-16H,17H2,1-3H3,(H2,26,27,28). The average molecular weight is 416 g/mol. The van der Waals surface area contributed by atoms with Crippen LogP contribution in [0.1, 0.15) is 16.7 Å². The van der Waals surface area contributed by atoms with Gasteiger partial charge in [-0.15, -0.1) is 0 Å². The molecule has 2 amide bonds. The van der Waals surface area contributed by atoms with Crippen molar-refractivity contribution in [1.29, 1.82) is 0 Å². The van der Waals surface area contributed by atoms with E-state index < -0.39 is 0 Å². The van der Waals surface area contributed by atoms with E-state index >= 15 is 0 Å². The number of methoxy groups -OCH3 is 3. The fraction of sp³-hybridized carbons (Fsp3) is 0.160. The van der Waals surface area contributed by atoms with E-state index in [0.717, 1.165) is 16.7 Å². The second-order valence-corrected chi connectivity index (χ2v) is 6.54. The maximum absolute atomic E-state index is 12.4. The van der Waals surface area contributed by atoms with Crippen molar-refractivity contribution in [3.8, 4) is 29.1 Å². The molecule has 0 unspecified atom stereocenters. The van der Waals surface area contributed by atoms with E-state index in [1.807, 2.05) is 54.6 Å². The second kappa shape index (κ2) is 10.6. The van der Waals surface area contributed by atoms with Crippen molar-refractivity contribution in [2.45, 2.75) is 6.54 Å². The van der Waals surface area contributed by atoms with Gasteiger partial charge in [-0.3, -0.25) is 0 Å². The van der Waals surface area contributed by atoms with Crippen LogP contribution in [0.15, 0.2) is 66.7 Å². The SMILES string of the molecule is COc1cc(CNC(=O)Nc2cccc(C#Cc3ccccc3)c2)cc(OC)c1OC. The van der Waals surface area contributed by atoms with Gasteiger partial charge in [-0.1, -0.05) is 36.1 Å². The van der Waals surface area contributed by atoms with Crippen LogP contribution in [-0.4, -0.2) is 27.4 Å². The van der Waals surface area contributed by atoms with Crippen LogP contribution >= 0.6 is 0 Å². The van der Waals surface area contributed by atoms with Crippen molar-refractivity contribution in [3.63, 3.8) is 0 Å². The fourth-order valence-corrected chi connectivity index (χ4v) is 2.94. The summed E-state index contributed by atoms with van der Waals surface area (Å²) in [5.74, 6) is 7.78. The molecule has 0 radical (unpaired) electrons. The van der Waals surface area contributed by atoms with E-state index in [0.29, 0.717) is 22.9 Å². The molecule has 0 heterocycles. The minimum Gasteiger partial charge on any atom is -0.493 e. The molecule has 0 spiro atoms. The lowest BCUT2D eigenvalue weighted by atomic mass is 10.1. The van der Waals surface area contributed by atoms with Gasteiger partial charge in [-0.25, -0.2) is 4.79 Å². The van der Waals surface area contributed by atoms with Gasteiger partial charge in [0, 0.05) is 23.4 Å². The Labute approximate surface area is 182 Å². The van der Waals surface area contributed by atoms with Crippen molar-refractivity contribution >= 4 is 11.7 Å². The molecular weight excluding hydrogens is 392 g/mol. The van der Waals surface area contributed by atoms with Gasteiger partial charge in [0.25, 0.3) is 0 Å². The summed E-state index contributed by atoms with van der Waals surface area (Å²) in [7, 11) is 4.65. The molecule has 0 bridgehead atoms. The van der Waals surface area contributed by atoms with Crippen molar-refractivity contribution in [1.82, 2.24) is 5.32 Å². The maximum atomic E-state index is 12.4. The topological polar surface area (TPSA) is 68.8 Å². The van der Waals surface area contributed by atoms with E-state index in [9.17, 15) is 4.79 Å². The molecule has 158 valence electrons. The largest absolute Gasteiger partial charge is 0.493 e. The Kier molecular flexibility index (Phi) is 7.39. The molecule has 0 aromatic heterocycles. The van der Waals surface area contributed by atoms with Crippen LogP contribution in [0.5, 0.6) is 17.2 Å². The van der Waals surface area contributed by atoms with Gasteiger partial charge in [-0.05, 0) is 48.0 Å². The molecule has 3 rings (SSSR count). The van der Waals surface area contributed by atoms with E-state index in [1.165, 1.54) is 0 Å². The van der Waals surface area contributed by atoms with E-state index in [2.05, 4.69) is 22.5 Å². The molecule has 31 heavy (non-hydrogen) atoms. The highest BCUT2D eigenvalue weighted by atomic mass is 16.5. The molecule has 0 aliphatic heterocycles. The molecule has 3 aromatic rings. The Hall–Kier alpha value is -4.11. The molecule has 0 saturated carbocycles. The fourth-order valence-electron chi connectivity index (χ4n) is 2.94. The van der Waals surface area contributed by atoms with Gasteiger partial charge in [0.15, 0.2) is 11.5 Å². The Bertz CT molecular complexity index is 1080. The molecule has 3 aromatic carbocycles. The molecule has 0 atom stereocenters. The third-order valence-electron chi connectivity index (χ3n) is 4.42. The lowest BCUT2D eigenvalue weighted by molar-refractivity contribution is 0.251. The first-order valence-corrected chi connectivity index (χ1v) is 9.64. The number of ether oxygens (including phenoxy) is 3. The molecule has 0 aliphatic rings. The van der Waals surface area contributed by atoms with Gasteiger partial charge in [0.1, 0.15) is 0 Å². The van der Waals surface area contributed by atoms with Crippen LogP contribution in [-0.2, 0) is 6.54 Å². The van der Waals surface area contributed by atoms with Crippen LogP contribution in [0.4, 0.5) is 10.5 Å². The Morgan fingerprint density at radius 3 is 2.10 bits per heavy atom. The number of rotatable bonds is 6. The van der Waals surface area contributed by atoms with E-state index in [4.69, 9.17) is 14.2 Å². The number of hydrogen-bond donors (Lipinski definition) is 2. The van der Waals surface area contributed by atoms with Crippen LogP contribution in [0, 0.1) is 11.8 Å². The number of benzene rings is 3. The summed E-state index contributed by atoms with van der Waals surface area (Å²) in [5, 5.41) is 5.65. The number of amides is 2. The highest BCUT2D eigenvalue weighted by Crippen LogP contribution is 2.38. The van der Waals surface area contributed by atoms with Gasteiger partial charge in [0.05, 0.1) is 21.3 Å².